The van der Waals surface area contributed by atoms with Gasteiger partial charge in [0, 0.05) is 17.4 Å². The molecular weight excluding hydrogens is 320 g/mol. The van der Waals surface area contributed by atoms with Gasteiger partial charge in [0.2, 0.25) is 5.13 Å². The minimum atomic E-state index is -0.153. The highest BCUT2D eigenvalue weighted by atomic mass is 32.1. The highest BCUT2D eigenvalue weighted by molar-refractivity contribution is 7.14. The van der Waals surface area contributed by atoms with Gasteiger partial charge in [-0.15, -0.1) is 11.3 Å². The van der Waals surface area contributed by atoms with Gasteiger partial charge in [-0.05, 0) is 5.56 Å². The second-order valence-electron chi connectivity index (χ2n) is 5.21. The predicted octanol–water partition coefficient (Wildman–Crippen LogP) is 3.08. The SMILES string of the molecule is NN(/N=C(/CO)Cc1ccccc1)c1nc(-c2ccccc2)cs1. The molecule has 24 heavy (non-hydrogen) atoms. The lowest BCUT2D eigenvalue weighted by Crippen LogP contribution is -2.27. The van der Waals surface area contributed by atoms with Gasteiger partial charge < -0.3 is 5.11 Å². The average Bonchev–Trinajstić information content (AvgIpc) is 3.13. The number of hydrogen-bond acceptors (Lipinski definition) is 6. The van der Waals surface area contributed by atoms with Crippen molar-refractivity contribution in [3.05, 3.63) is 71.6 Å². The molecule has 0 amide bonds. The summed E-state index contributed by atoms with van der Waals surface area (Å²) in [5.74, 6) is 6.00. The van der Waals surface area contributed by atoms with E-state index in [4.69, 9.17) is 5.84 Å². The molecule has 5 nitrogen and oxygen atoms in total. The first kappa shape index (κ1) is 16.3. The van der Waals surface area contributed by atoms with Crippen LogP contribution in [0, 0.1) is 0 Å². The van der Waals surface area contributed by atoms with E-state index in [0.29, 0.717) is 17.3 Å². The molecule has 0 spiro atoms. The van der Waals surface area contributed by atoms with E-state index >= 15 is 0 Å². The van der Waals surface area contributed by atoms with Crippen LogP contribution in [-0.4, -0.2) is 22.4 Å². The quantitative estimate of drug-likeness (QED) is 0.411. The van der Waals surface area contributed by atoms with E-state index in [2.05, 4.69) is 10.1 Å². The van der Waals surface area contributed by atoms with Crippen molar-refractivity contribution in [1.29, 1.82) is 0 Å². The van der Waals surface area contributed by atoms with Gasteiger partial charge in [-0.25, -0.2) is 10.8 Å². The van der Waals surface area contributed by atoms with Crippen molar-refractivity contribution in [2.45, 2.75) is 6.42 Å². The summed E-state index contributed by atoms with van der Waals surface area (Å²) < 4.78 is 0. The number of nitrogens with zero attached hydrogens (tertiary/aromatic N) is 3. The largest absolute Gasteiger partial charge is 0.390 e. The Kier molecular flexibility index (Phi) is 5.32. The monoisotopic (exact) mass is 338 g/mol. The third kappa shape index (κ3) is 4.05. The van der Waals surface area contributed by atoms with Crippen LogP contribution in [0.25, 0.3) is 11.3 Å². The van der Waals surface area contributed by atoms with Crippen molar-refractivity contribution in [2.24, 2.45) is 10.9 Å². The summed E-state index contributed by atoms with van der Waals surface area (Å²) in [7, 11) is 0. The molecule has 2 aromatic carbocycles. The van der Waals surface area contributed by atoms with Crippen molar-refractivity contribution in [3.8, 4) is 11.3 Å². The molecule has 0 aliphatic carbocycles. The predicted molar refractivity (Wildman–Crippen MR) is 98.9 cm³/mol. The maximum atomic E-state index is 9.54. The summed E-state index contributed by atoms with van der Waals surface area (Å²) in [5, 5.41) is 17.6. The summed E-state index contributed by atoms with van der Waals surface area (Å²) in [6.07, 6.45) is 0.544. The molecule has 0 saturated carbocycles. The summed E-state index contributed by atoms with van der Waals surface area (Å²) in [4.78, 5) is 4.51. The van der Waals surface area contributed by atoms with Gasteiger partial charge >= 0.3 is 0 Å². The summed E-state index contributed by atoms with van der Waals surface area (Å²) in [6, 6.07) is 19.7. The maximum absolute atomic E-state index is 9.54. The van der Waals surface area contributed by atoms with Gasteiger partial charge in [0.15, 0.2) is 0 Å². The van der Waals surface area contributed by atoms with Gasteiger partial charge in [0.1, 0.15) is 0 Å². The number of aliphatic hydroxyl groups is 1. The molecule has 0 radical (unpaired) electrons. The topological polar surface area (TPSA) is 74.7 Å². The van der Waals surface area contributed by atoms with Crippen LogP contribution in [0.15, 0.2) is 71.1 Å². The number of nitrogens with two attached hydrogens (primary N) is 1. The first-order chi connectivity index (χ1) is 11.8. The van der Waals surface area contributed by atoms with Gasteiger partial charge in [0.05, 0.1) is 18.0 Å². The molecule has 6 heteroatoms. The van der Waals surface area contributed by atoms with Gasteiger partial charge in [-0.1, -0.05) is 60.7 Å². The van der Waals surface area contributed by atoms with Crippen LogP contribution in [0.1, 0.15) is 5.56 Å². The fourth-order valence-electron chi connectivity index (χ4n) is 2.26. The highest BCUT2D eigenvalue weighted by Gasteiger charge is 2.10. The molecule has 0 atom stereocenters. The van der Waals surface area contributed by atoms with Crippen LogP contribution in [-0.2, 0) is 6.42 Å². The first-order valence-corrected chi connectivity index (χ1v) is 8.41. The number of aliphatic hydroxyl groups excluding tert-OH is 1. The second-order valence-corrected chi connectivity index (χ2v) is 6.05. The third-order valence-corrected chi connectivity index (χ3v) is 4.27. The van der Waals surface area contributed by atoms with E-state index in [0.717, 1.165) is 16.8 Å². The number of hydrazine groups is 1. The van der Waals surface area contributed by atoms with Crippen molar-refractivity contribution < 1.29 is 5.11 Å². The van der Waals surface area contributed by atoms with E-state index in [1.807, 2.05) is 66.0 Å². The standard InChI is InChI=1S/C18H18N4OS/c19-22(21-16(12-23)11-14-7-3-1-4-8-14)18-20-17(13-24-18)15-9-5-2-6-10-15/h1-10,13,23H,11-12,19H2/b21-16+. The number of hydrogen-bond donors (Lipinski definition) is 2. The molecule has 1 heterocycles. The van der Waals surface area contributed by atoms with Crippen molar-refractivity contribution in [3.63, 3.8) is 0 Å². The summed E-state index contributed by atoms with van der Waals surface area (Å²) in [6.45, 7) is -0.153. The molecular formula is C18H18N4OS. The van der Waals surface area contributed by atoms with Crippen LogP contribution in [0.3, 0.4) is 0 Å². The normalized spacial score (nSPS) is 11.5. The smallest absolute Gasteiger partial charge is 0.222 e. The zero-order valence-corrected chi connectivity index (χ0v) is 13.9. The van der Waals surface area contributed by atoms with Crippen LogP contribution in [0.4, 0.5) is 5.13 Å². The Labute approximate surface area is 144 Å². The Morgan fingerprint density at radius 2 is 1.75 bits per heavy atom. The lowest BCUT2D eigenvalue weighted by molar-refractivity contribution is 0.355. The van der Waals surface area contributed by atoms with E-state index in [1.165, 1.54) is 16.5 Å². The molecule has 0 aliphatic heterocycles. The molecule has 3 rings (SSSR count). The number of anilines is 1. The number of hydrazone groups is 1. The minimum absolute atomic E-state index is 0.153. The van der Waals surface area contributed by atoms with Crippen molar-refractivity contribution >= 4 is 22.2 Å². The van der Waals surface area contributed by atoms with E-state index in [1.54, 1.807) is 0 Å². The van der Waals surface area contributed by atoms with Crippen molar-refractivity contribution in [2.75, 3.05) is 11.7 Å². The zero-order chi connectivity index (χ0) is 16.8. The van der Waals surface area contributed by atoms with Crippen LogP contribution in [0.2, 0.25) is 0 Å². The van der Waals surface area contributed by atoms with E-state index in [-0.39, 0.29) is 6.61 Å². The maximum Gasteiger partial charge on any atom is 0.222 e. The van der Waals surface area contributed by atoms with E-state index in [9.17, 15) is 5.11 Å². The number of benzene rings is 2. The molecule has 0 aliphatic rings. The Balaban J connectivity index is 1.75. The van der Waals surface area contributed by atoms with Crippen LogP contribution >= 0.6 is 11.3 Å². The summed E-state index contributed by atoms with van der Waals surface area (Å²) >= 11 is 1.41. The van der Waals surface area contributed by atoms with Gasteiger partial charge in [-0.2, -0.15) is 10.2 Å². The molecule has 0 fully saturated rings. The number of rotatable bonds is 6. The lowest BCUT2D eigenvalue weighted by Gasteiger charge is -2.11. The molecule has 3 aromatic rings. The molecule has 0 unspecified atom stereocenters. The molecule has 3 N–H and O–H groups in total. The van der Waals surface area contributed by atoms with Crippen LogP contribution in [0.5, 0.6) is 0 Å². The fraction of sp³-hybridized carbons (Fsp3) is 0.111. The third-order valence-electron chi connectivity index (χ3n) is 3.44. The Morgan fingerprint density at radius 3 is 2.42 bits per heavy atom. The second kappa shape index (κ2) is 7.83. The Morgan fingerprint density at radius 1 is 1.08 bits per heavy atom. The molecule has 0 bridgehead atoms. The zero-order valence-electron chi connectivity index (χ0n) is 13.0. The average molecular weight is 338 g/mol. The fourth-order valence-corrected chi connectivity index (χ4v) is 2.97. The van der Waals surface area contributed by atoms with Crippen molar-refractivity contribution in [1.82, 2.24) is 4.98 Å². The number of aromatic nitrogens is 1. The minimum Gasteiger partial charge on any atom is -0.390 e. The van der Waals surface area contributed by atoms with Gasteiger partial charge in [0.25, 0.3) is 0 Å². The number of thiazole rings is 1. The molecule has 122 valence electrons. The first-order valence-electron chi connectivity index (χ1n) is 7.53. The molecule has 1 aromatic heterocycles. The Bertz CT molecular complexity index is 802. The summed E-state index contributed by atoms with van der Waals surface area (Å²) in [5.41, 5.74) is 3.54. The molecule has 0 saturated heterocycles. The highest BCUT2D eigenvalue weighted by Crippen LogP contribution is 2.26. The van der Waals surface area contributed by atoms with E-state index < -0.39 is 0 Å². The van der Waals surface area contributed by atoms with Crippen LogP contribution < -0.4 is 11.0 Å². The lowest BCUT2D eigenvalue weighted by atomic mass is 10.1. The van der Waals surface area contributed by atoms with Gasteiger partial charge in [-0.3, -0.25) is 0 Å². The Hall–Kier alpha value is -2.54.